The molecule has 4 nitrogen and oxygen atoms in total. The number of carbonyl (C=O) groups excluding carboxylic acids is 2. The Bertz CT molecular complexity index is 829. The summed E-state index contributed by atoms with van der Waals surface area (Å²) in [6, 6.07) is 15.7. The van der Waals surface area contributed by atoms with Crippen molar-refractivity contribution in [2.45, 2.75) is 38.0 Å². The topological polar surface area (TPSA) is 49.4 Å². The first-order valence-electron chi connectivity index (χ1n) is 9.29. The van der Waals surface area contributed by atoms with Crippen LogP contribution < -0.4 is 5.32 Å². The second-order valence-corrected chi connectivity index (χ2v) is 8.24. The molecule has 3 rings (SSSR count). The van der Waals surface area contributed by atoms with Gasteiger partial charge in [-0.3, -0.25) is 9.59 Å². The molecule has 0 atom stereocenters. The first-order valence-corrected chi connectivity index (χ1v) is 10.1. The minimum absolute atomic E-state index is 0.0360. The van der Waals surface area contributed by atoms with Gasteiger partial charge in [0.25, 0.3) is 0 Å². The summed E-state index contributed by atoms with van der Waals surface area (Å²) in [5.41, 5.74) is 2.30. The number of anilines is 1. The zero-order valence-electron chi connectivity index (χ0n) is 15.8. The summed E-state index contributed by atoms with van der Waals surface area (Å²) in [6.07, 6.45) is 3.76. The summed E-state index contributed by atoms with van der Waals surface area (Å²) in [6.45, 7) is 1.99. The number of likely N-dealkylation sites (N-methyl/N-ethyl adjacent to an activating group) is 1. The standard InChI is InChI=1S/C22H25BrN2O2/c1-16-14-18(23)10-11-19(16)24-20(26)15-25(2)21(27)22(12-6-7-13-22)17-8-4-3-5-9-17/h3-5,8-11,14H,6-7,12-13,15H2,1-2H3,(H,24,26). The monoisotopic (exact) mass is 428 g/mol. The average Bonchev–Trinajstić information content (AvgIpc) is 3.15. The molecule has 1 N–H and O–H groups in total. The van der Waals surface area contributed by atoms with Gasteiger partial charge in [0.05, 0.1) is 12.0 Å². The van der Waals surface area contributed by atoms with Crippen molar-refractivity contribution in [3.05, 3.63) is 64.1 Å². The summed E-state index contributed by atoms with van der Waals surface area (Å²) >= 11 is 3.42. The fraction of sp³-hybridized carbons (Fsp3) is 0.364. The molecule has 0 saturated heterocycles. The lowest BCUT2D eigenvalue weighted by Gasteiger charge is -2.32. The van der Waals surface area contributed by atoms with Crippen LogP contribution in [0.4, 0.5) is 5.69 Å². The molecule has 1 aliphatic carbocycles. The summed E-state index contributed by atoms with van der Waals surface area (Å²) in [7, 11) is 1.72. The van der Waals surface area contributed by atoms with Gasteiger partial charge in [-0.25, -0.2) is 0 Å². The van der Waals surface area contributed by atoms with E-state index in [1.165, 1.54) is 0 Å². The summed E-state index contributed by atoms with van der Waals surface area (Å²) < 4.78 is 0.969. The maximum atomic E-state index is 13.3. The van der Waals surface area contributed by atoms with Gasteiger partial charge in [-0.2, -0.15) is 0 Å². The van der Waals surface area contributed by atoms with E-state index in [9.17, 15) is 9.59 Å². The van der Waals surface area contributed by atoms with Crippen molar-refractivity contribution in [2.75, 3.05) is 18.9 Å². The zero-order valence-corrected chi connectivity index (χ0v) is 17.4. The number of nitrogens with one attached hydrogen (secondary N) is 1. The molecule has 2 aromatic carbocycles. The van der Waals surface area contributed by atoms with E-state index >= 15 is 0 Å². The molecule has 2 aromatic rings. The SMILES string of the molecule is Cc1cc(Br)ccc1NC(=O)CN(C)C(=O)C1(c2ccccc2)CCCC1. The molecule has 0 bridgehead atoms. The van der Waals surface area contributed by atoms with E-state index in [0.717, 1.165) is 47.0 Å². The highest BCUT2D eigenvalue weighted by Crippen LogP contribution is 2.42. The van der Waals surface area contributed by atoms with Crippen LogP contribution in [0.5, 0.6) is 0 Å². The smallest absolute Gasteiger partial charge is 0.243 e. The van der Waals surface area contributed by atoms with Crippen LogP contribution in [0.2, 0.25) is 0 Å². The maximum absolute atomic E-state index is 13.3. The third kappa shape index (κ3) is 4.24. The molecule has 0 spiro atoms. The minimum atomic E-state index is -0.496. The number of aryl methyl sites for hydroxylation is 1. The van der Waals surface area contributed by atoms with E-state index in [1.54, 1.807) is 11.9 Å². The molecule has 0 aliphatic heterocycles. The summed E-state index contributed by atoms with van der Waals surface area (Å²) in [5, 5.41) is 2.91. The van der Waals surface area contributed by atoms with Crippen molar-refractivity contribution in [2.24, 2.45) is 0 Å². The molecule has 0 heterocycles. The first kappa shape index (κ1) is 19.6. The van der Waals surface area contributed by atoms with Gasteiger partial charge >= 0.3 is 0 Å². The highest BCUT2D eigenvalue weighted by atomic mass is 79.9. The van der Waals surface area contributed by atoms with Crippen molar-refractivity contribution < 1.29 is 9.59 Å². The lowest BCUT2D eigenvalue weighted by Crippen LogP contribution is -2.46. The Hall–Kier alpha value is -2.14. The molecule has 1 fully saturated rings. The maximum Gasteiger partial charge on any atom is 0.243 e. The molecular formula is C22H25BrN2O2. The number of nitrogens with zero attached hydrogens (tertiary/aromatic N) is 1. The van der Waals surface area contributed by atoms with Crippen LogP contribution in [-0.4, -0.2) is 30.3 Å². The highest BCUT2D eigenvalue weighted by Gasteiger charge is 2.44. The molecule has 0 aromatic heterocycles. The number of benzene rings is 2. The Morgan fingerprint density at radius 2 is 1.78 bits per heavy atom. The van der Waals surface area contributed by atoms with Crippen LogP contribution in [-0.2, 0) is 15.0 Å². The van der Waals surface area contributed by atoms with Gasteiger partial charge in [-0.15, -0.1) is 0 Å². The van der Waals surface area contributed by atoms with Gasteiger partial charge < -0.3 is 10.2 Å². The second-order valence-electron chi connectivity index (χ2n) is 7.32. The van der Waals surface area contributed by atoms with E-state index in [4.69, 9.17) is 0 Å². The van der Waals surface area contributed by atoms with Crippen molar-refractivity contribution >= 4 is 33.4 Å². The van der Waals surface area contributed by atoms with Gasteiger partial charge in [0.15, 0.2) is 0 Å². The van der Waals surface area contributed by atoms with Crippen molar-refractivity contribution in [3.63, 3.8) is 0 Å². The predicted octanol–water partition coefficient (Wildman–Crippen LogP) is 4.67. The average molecular weight is 429 g/mol. The van der Waals surface area contributed by atoms with E-state index in [0.29, 0.717) is 0 Å². The third-order valence-corrected chi connectivity index (χ3v) is 5.88. The number of carbonyl (C=O) groups is 2. The number of hydrogen-bond acceptors (Lipinski definition) is 2. The molecule has 142 valence electrons. The van der Waals surface area contributed by atoms with E-state index in [-0.39, 0.29) is 18.4 Å². The van der Waals surface area contributed by atoms with Crippen LogP contribution in [0.3, 0.4) is 0 Å². The van der Waals surface area contributed by atoms with Gasteiger partial charge in [-0.1, -0.05) is 59.1 Å². The number of halogens is 1. The second kappa shape index (κ2) is 8.26. The van der Waals surface area contributed by atoms with Gasteiger partial charge in [-0.05, 0) is 49.1 Å². The van der Waals surface area contributed by atoms with Gasteiger partial charge in [0.1, 0.15) is 0 Å². The molecule has 27 heavy (non-hydrogen) atoms. The predicted molar refractivity (Wildman–Crippen MR) is 112 cm³/mol. The molecule has 0 unspecified atom stereocenters. The zero-order chi connectivity index (χ0) is 19.4. The van der Waals surface area contributed by atoms with Crippen molar-refractivity contribution in [1.29, 1.82) is 0 Å². The Morgan fingerprint density at radius 3 is 2.41 bits per heavy atom. The lowest BCUT2D eigenvalue weighted by atomic mass is 9.77. The summed E-state index contributed by atoms with van der Waals surface area (Å²) in [5.74, 6) is -0.147. The fourth-order valence-corrected chi connectivity index (χ4v) is 4.45. The van der Waals surface area contributed by atoms with Crippen molar-refractivity contribution in [1.82, 2.24) is 4.90 Å². The molecule has 5 heteroatoms. The van der Waals surface area contributed by atoms with Gasteiger partial charge in [0, 0.05) is 17.2 Å². The Labute approximate surface area is 169 Å². The molecule has 0 radical (unpaired) electrons. The molecular weight excluding hydrogens is 404 g/mol. The normalized spacial score (nSPS) is 15.4. The van der Waals surface area contributed by atoms with Crippen LogP contribution >= 0.6 is 15.9 Å². The quantitative estimate of drug-likeness (QED) is 0.751. The highest BCUT2D eigenvalue weighted by molar-refractivity contribution is 9.10. The number of rotatable bonds is 5. The summed E-state index contributed by atoms with van der Waals surface area (Å²) in [4.78, 5) is 27.4. The minimum Gasteiger partial charge on any atom is -0.336 e. The molecule has 1 saturated carbocycles. The van der Waals surface area contributed by atoms with Crippen LogP contribution in [0.25, 0.3) is 0 Å². The number of amides is 2. The van der Waals surface area contributed by atoms with Gasteiger partial charge in [0.2, 0.25) is 11.8 Å². The number of hydrogen-bond donors (Lipinski definition) is 1. The third-order valence-electron chi connectivity index (χ3n) is 5.38. The van der Waals surface area contributed by atoms with Crippen LogP contribution in [0.15, 0.2) is 53.0 Å². The Balaban J connectivity index is 1.71. The van der Waals surface area contributed by atoms with Crippen molar-refractivity contribution in [3.8, 4) is 0 Å². The van der Waals surface area contributed by atoms with E-state index in [2.05, 4.69) is 21.2 Å². The van der Waals surface area contributed by atoms with E-state index in [1.807, 2.05) is 55.5 Å². The van der Waals surface area contributed by atoms with Crippen LogP contribution in [0.1, 0.15) is 36.8 Å². The molecule has 2 amide bonds. The Kier molecular flexibility index (Phi) is 6.00. The largest absolute Gasteiger partial charge is 0.336 e. The van der Waals surface area contributed by atoms with Crippen LogP contribution in [0, 0.1) is 6.92 Å². The molecule has 1 aliphatic rings. The first-order chi connectivity index (χ1) is 12.9. The lowest BCUT2D eigenvalue weighted by molar-refractivity contribution is -0.138. The fourth-order valence-electron chi connectivity index (χ4n) is 3.97. The van der Waals surface area contributed by atoms with E-state index < -0.39 is 5.41 Å². The Morgan fingerprint density at radius 1 is 1.11 bits per heavy atom.